The van der Waals surface area contributed by atoms with Crippen LogP contribution in [0.5, 0.6) is 11.6 Å². The molecular weight excluding hydrogens is 461 g/mol. The first-order valence-corrected chi connectivity index (χ1v) is 10.9. The summed E-state index contributed by atoms with van der Waals surface area (Å²) in [6, 6.07) is 13.8. The second kappa shape index (κ2) is 10.1. The van der Waals surface area contributed by atoms with Gasteiger partial charge in [0, 0.05) is 24.9 Å². The molecule has 162 valence electrons. The number of nitrogens with zero attached hydrogens (tertiary/aromatic N) is 3. The van der Waals surface area contributed by atoms with Crippen molar-refractivity contribution in [1.29, 1.82) is 0 Å². The molecule has 0 aliphatic heterocycles. The van der Waals surface area contributed by atoms with E-state index < -0.39 is 17.1 Å². The summed E-state index contributed by atoms with van der Waals surface area (Å²) in [5.74, 6) is 0.491. The maximum Gasteiger partial charge on any atom is 0.333 e. The van der Waals surface area contributed by atoms with Crippen LogP contribution in [0, 0.1) is 0 Å². The van der Waals surface area contributed by atoms with Crippen LogP contribution in [0.1, 0.15) is 5.56 Å². The topological polar surface area (TPSA) is 85.8 Å². The number of para-hydroxylation sites is 1. The Morgan fingerprint density at radius 2 is 1.74 bits per heavy atom. The Balaban J connectivity index is 1.93. The van der Waals surface area contributed by atoms with Gasteiger partial charge in [0.1, 0.15) is 16.4 Å². The van der Waals surface area contributed by atoms with Gasteiger partial charge in [-0.05, 0) is 36.4 Å². The molecular formula is C21H19Cl2N3O4S. The normalized spacial score (nSPS) is 11.5. The Morgan fingerprint density at radius 3 is 2.42 bits per heavy atom. The highest BCUT2D eigenvalue weighted by atomic mass is 35.5. The number of hydrogen-bond donors (Lipinski definition) is 1. The highest BCUT2D eigenvalue weighted by molar-refractivity contribution is 8.14. The van der Waals surface area contributed by atoms with Crippen LogP contribution in [0.2, 0.25) is 10.0 Å². The summed E-state index contributed by atoms with van der Waals surface area (Å²) in [6.07, 6.45) is 0. The number of aromatic hydroxyl groups is 1. The molecule has 1 heterocycles. The van der Waals surface area contributed by atoms with Crippen LogP contribution in [-0.2, 0) is 14.1 Å². The first-order valence-electron chi connectivity index (χ1n) is 9.13. The molecule has 0 radical (unpaired) electrons. The van der Waals surface area contributed by atoms with Crippen LogP contribution >= 0.6 is 35.0 Å². The van der Waals surface area contributed by atoms with Gasteiger partial charge in [0.05, 0.1) is 17.3 Å². The Labute approximate surface area is 192 Å². The minimum Gasteiger partial charge on any atom is -0.494 e. The predicted molar refractivity (Wildman–Crippen MR) is 126 cm³/mol. The molecule has 7 nitrogen and oxygen atoms in total. The lowest BCUT2D eigenvalue weighted by Crippen LogP contribution is -2.39. The van der Waals surface area contributed by atoms with Crippen LogP contribution in [0.25, 0.3) is 0 Å². The summed E-state index contributed by atoms with van der Waals surface area (Å²) in [5.41, 5.74) is -0.812. The van der Waals surface area contributed by atoms with Gasteiger partial charge in [-0.2, -0.15) is 0 Å². The van der Waals surface area contributed by atoms with E-state index in [0.29, 0.717) is 27.2 Å². The fraction of sp³-hybridized carbons (Fsp3) is 0.190. The molecule has 0 aliphatic rings. The molecule has 0 amide bonds. The van der Waals surface area contributed by atoms with Gasteiger partial charge in [0.15, 0.2) is 0 Å². The van der Waals surface area contributed by atoms with E-state index in [0.717, 1.165) is 9.13 Å². The predicted octanol–water partition coefficient (Wildman–Crippen LogP) is 3.99. The zero-order valence-corrected chi connectivity index (χ0v) is 19.0. The monoisotopic (exact) mass is 479 g/mol. The zero-order valence-electron chi connectivity index (χ0n) is 16.7. The smallest absolute Gasteiger partial charge is 0.333 e. The number of ether oxygens (including phenoxy) is 1. The lowest BCUT2D eigenvalue weighted by molar-refractivity contribution is 0.344. The molecule has 3 rings (SSSR count). The zero-order chi connectivity index (χ0) is 22.5. The summed E-state index contributed by atoms with van der Waals surface area (Å²) >= 11 is 13.2. The average Bonchev–Trinajstić information content (AvgIpc) is 2.76. The van der Waals surface area contributed by atoms with Crippen molar-refractivity contribution in [3.05, 3.63) is 85.0 Å². The van der Waals surface area contributed by atoms with E-state index in [1.807, 2.05) is 6.07 Å². The van der Waals surface area contributed by atoms with Gasteiger partial charge in [0.2, 0.25) is 5.88 Å². The number of thioether (sulfide) groups is 1. The number of aliphatic imine (C=N–C) groups is 1. The minimum atomic E-state index is -0.646. The van der Waals surface area contributed by atoms with E-state index >= 15 is 0 Å². The van der Waals surface area contributed by atoms with Gasteiger partial charge in [-0.25, -0.2) is 9.79 Å². The van der Waals surface area contributed by atoms with Crippen molar-refractivity contribution < 1.29 is 9.84 Å². The largest absolute Gasteiger partial charge is 0.494 e. The summed E-state index contributed by atoms with van der Waals surface area (Å²) in [4.78, 5) is 29.4. The Bertz CT molecular complexity index is 1240. The van der Waals surface area contributed by atoms with Gasteiger partial charge < -0.3 is 9.84 Å². The fourth-order valence-corrected chi connectivity index (χ4v) is 3.83. The van der Waals surface area contributed by atoms with Crippen molar-refractivity contribution in [2.45, 2.75) is 0 Å². The fourth-order valence-electron chi connectivity index (χ4n) is 2.67. The Kier molecular flexibility index (Phi) is 7.48. The van der Waals surface area contributed by atoms with E-state index in [1.165, 1.54) is 25.9 Å². The Morgan fingerprint density at radius 1 is 1.06 bits per heavy atom. The quantitative estimate of drug-likeness (QED) is 0.328. The molecule has 1 aromatic heterocycles. The van der Waals surface area contributed by atoms with E-state index in [4.69, 9.17) is 27.9 Å². The van der Waals surface area contributed by atoms with E-state index in [1.54, 1.807) is 42.5 Å². The number of halogens is 2. The molecule has 0 fully saturated rings. The molecule has 10 heteroatoms. The number of aromatic nitrogens is 2. The van der Waals surface area contributed by atoms with Crippen LogP contribution in [0.15, 0.2) is 63.1 Å². The van der Waals surface area contributed by atoms with Crippen LogP contribution in [0.4, 0.5) is 5.69 Å². The molecule has 0 saturated carbocycles. The first kappa shape index (κ1) is 23.0. The van der Waals surface area contributed by atoms with Crippen molar-refractivity contribution >= 4 is 45.7 Å². The molecule has 31 heavy (non-hydrogen) atoms. The van der Waals surface area contributed by atoms with Gasteiger partial charge in [-0.15, -0.1) is 11.8 Å². The molecule has 0 unspecified atom stereocenters. The number of benzene rings is 2. The van der Waals surface area contributed by atoms with Crippen molar-refractivity contribution in [2.75, 3.05) is 12.4 Å². The highest BCUT2D eigenvalue weighted by Gasteiger charge is 2.21. The van der Waals surface area contributed by atoms with Gasteiger partial charge in [0.25, 0.3) is 5.56 Å². The Hall–Kier alpha value is -2.68. The molecule has 1 N–H and O–H groups in total. The van der Waals surface area contributed by atoms with Crippen LogP contribution in [0.3, 0.4) is 0 Å². The third-order valence-corrected chi connectivity index (χ3v) is 5.83. The molecule has 3 aromatic rings. The molecule has 0 bridgehead atoms. The molecule has 0 aliphatic carbocycles. The highest BCUT2D eigenvalue weighted by Crippen LogP contribution is 2.26. The van der Waals surface area contributed by atoms with E-state index in [9.17, 15) is 14.7 Å². The molecule has 0 saturated heterocycles. The van der Waals surface area contributed by atoms with Crippen molar-refractivity contribution in [1.82, 2.24) is 9.13 Å². The molecule has 2 aromatic carbocycles. The maximum absolute atomic E-state index is 12.8. The van der Waals surface area contributed by atoms with Crippen molar-refractivity contribution in [3.8, 4) is 11.6 Å². The van der Waals surface area contributed by atoms with Crippen molar-refractivity contribution in [3.63, 3.8) is 0 Å². The third-order valence-electron chi connectivity index (χ3n) is 4.32. The van der Waals surface area contributed by atoms with Crippen molar-refractivity contribution in [2.24, 2.45) is 19.1 Å². The van der Waals surface area contributed by atoms with E-state index in [-0.39, 0.29) is 17.2 Å². The maximum atomic E-state index is 12.8. The summed E-state index contributed by atoms with van der Waals surface area (Å²) in [5, 5.41) is 11.8. The van der Waals surface area contributed by atoms with Gasteiger partial charge in [-0.3, -0.25) is 13.9 Å². The SMILES string of the molecule is Cn1c(O)c(C(=Nc2ccc(Cl)cc2)SCCOc2ccccc2Cl)c(=O)n(C)c1=O. The second-order valence-corrected chi connectivity index (χ2v) is 8.35. The van der Waals surface area contributed by atoms with Gasteiger partial charge in [-0.1, -0.05) is 35.3 Å². The second-order valence-electron chi connectivity index (χ2n) is 6.43. The van der Waals surface area contributed by atoms with Crippen LogP contribution in [-0.4, -0.2) is 31.6 Å². The molecule has 0 spiro atoms. The molecule has 0 atom stereocenters. The third kappa shape index (κ3) is 5.33. The number of rotatable bonds is 6. The average molecular weight is 480 g/mol. The van der Waals surface area contributed by atoms with Gasteiger partial charge >= 0.3 is 5.69 Å². The summed E-state index contributed by atoms with van der Waals surface area (Å²) in [7, 11) is 2.73. The van der Waals surface area contributed by atoms with Crippen LogP contribution < -0.4 is 16.0 Å². The lowest BCUT2D eigenvalue weighted by Gasteiger charge is -2.13. The number of hydrogen-bond acceptors (Lipinski definition) is 6. The summed E-state index contributed by atoms with van der Waals surface area (Å²) < 4.78 is 7.61. The standard InChI is InChI=1S/C21H19Cl2N3O4S/c1-25-19(27)17(20(28)26(2)21(25)29)18(24-14-9-7-13(22)8-10-14)31-12-11-30-16-6-4-3-5-15(16)23/h3-10,27H,11-12H2,1-2H3. The van der Waals surface area contributed by atoms with E-state index in [2.05, 4.69) is 4.99 Å². The minimum absolute atomic E-state index is 0.0673. The summed E-state index contributed by atoms with van der Waals surface area (Å²) in [6.45, 7) is 0.279. The first-order chi connectivity index (χ1) is 14.8. The lowest BCUT2D eigenvalue weighted by atomic mass is 10.3.